The summed E-state index contributed by atoms with van der Waals surface area (Å²) in [5.74, 6) is -0.634. The van der Waals surface area contributed by atoms with Gasteiger partial charge in [0.25, 0.3) is 0 Å². The molecule has 0 fully saturated rings. The zero-order valence-corrected chi connectivity index (χ0v) is 20.1. The van der Waals surface area contributed by atoms with Crippen molar-refractivity contribution in [2.24, 2.45) is 0 Å². The molecule has 34 heavy (non-hydrogen) atoms. The molecule has 0 spiro atoms. The lowest BCUT2D eigenvalue weighted by Crippen LogP contribution is -2.33. The van der Waals surface area contributed by atoms with E-state index < -0.39 is 0 Å². The van der Waals surface area contributed by atoms with Gasteiger partial charge in [0.15, 0.2) is 0 Å². The predicted octanol–water partition coefficient (Wildman–Crippen LogP) is 5.18. The standard InChI is InChI=1S/C28H32N2O4/c1-4-30(26-17-13-23(14-18-26)27(31)33-5-2)20-19-29(3)25-15-11-24(12-16-25)28(32)34-21-22-9-7-6-8-10-22/h6-18H,4-5,19-21H2,1-3H3. The lowest BCUT2D eigenvalue weighted by atomic mass is 10.2. The van der Waals surface area contributed by atoms with Crippen LogP contribution < -0.4 is 9.80 Å². The number of hydrogen-bond acceptors (Lipinski definition) is 6. The molecule has 0 aliphatic rings. The Morgan fingerprint density at radius 1 is 0.706 bits per heavy atom. The van der Waals surface area contributed by atoms with E-state index in [1.807, 2.05) is 61.6 Å². The van der Waals surface area contributed by atoms with E-state index in [2.05, 4.69) is 16.7 Å². The molecule has 0 radical (unpaired) electrons. The highest BCUT2D eigenvalue weighted by Gasteiger charge is 2.11. The van der Waals surface area contributed by atoms with Crippen LogP contribution in [-0.2, 0) is 16.1 Å². The van der Waals surface area contributed by atoms with Crippen LogP contribution in [0.25, 0.3) is 0 Å². The van der Waals surface area contributed by atoms with E-state index in [4.69, 9.17) is 9.47 Å². The third kappa shape index (κ3) is 6.85. The van der Waals surface area contributed by atoms with Crippen LogP contribution in [0, 0.1) is 0 Å². The molecule has 0 aliphatic carbocycles. The van der Waals surface area contributed by atoms with E-state index in [1.165, 1.54) is 0 Å². The van der Waals surface area contributed by atoms with Gasteiger partial charge in [-0.25, -0.2) is 9.59 Å². The minimum atomic E-state index is -0.332. The molecule has 0 unspecified atom stereocenters. The first kappa shape index (κ1) is 24.8. The Morgan fingerprint density at radius 3 is 1.82 bits per heavy atom. The summed E-state index contributed by atoms with van der Waals surface area (Å²) in [5, 5.41) is 0. The number of anilines is 2. The Morgan fingerprint density at radius 2 is 1.26 bits per heavy atom. The average Bonchev–Trinajstić information content (AvgIpc) is 2.88. The van der Waals surface area contributed by atoms with Crippen LogP contribution >= 0.6 is 0 Å². The zero-order chi connectivity index (χ0) is 24.3. The molecule has 3 aromatic carbocycles. The maximum atomic E-state index is 12.3. The molecule has 0 heterocycles. The summed E-state index contributed by atoms with van der Waals surface area (Å²) < 4.78 is 10.5. The SMILES string of the molecule is CCOC(=O)c1ccc(N(CC)CCN(C)c2ccc(C(=O)OCc3ccccc3)cc2)cc1. The van der Waals surface area contributed by atoms with Crippen molar-refractivity contribution in [1.82, 2.24) is 0 Å². The minimum Gasteiger partial charge on any atom is -0.462 e. The van der Waals surface area contributed by atoms with Gasteiger partial charge in [0, 0.05) is 38.1 Å². The highest BCUT2D eigenvalue weighted by Crippen LogP contribution is 2.18. The monoisotopic (exact) mass is 460 g/mol. The van der Waals surface area contributed by atoms with Crippen molar-refractivity contribution in [3.63, 3.8) is 0 Å². The van der Waals surface area contributed by atoms with Gasteiger partial charge in [0.1, 0.15) is 6.61 Å². The normalized spacial score (nSPS) is 10.4. The smallest absolute Gasteiger partial charge is 0.338 e. The first-order chi connectivity index (χ1) is 16.5. The molecule has 0 aromatic heterocycles. The minimum absolute atomic E-state index is 0.259. The summed E-state index contributed by atoms with van der Waals surface area (Å²) >= 11 is 0. The van der Waals surface area contributed by atoms with Crippen LogP contribution in [0.5, 0.6) is 0 Å². The fraction of sp³-hybridized carbons (Fsp3) is 0.286. The summed E-state index contributed by atoms with van der Waals surface area (Å²) in [6.07, 6.45) is 0. The van der Waals surface area contributed by atoms with Gasteiger partial charge in [-0.1, -0.05) is 30.3 Å². The Hall–Kier alpha value is -3.80. The van der Waals surface area contributed by atoms with E-state index in [1.54, 1.807) is 31.2 Å². The summed E-state index contributed by atoms with van der Waals surface area (Å²) in [5.41, 5.74) is 4.13. The number of hydrogen-bond donors (Lipinski definition) is 0. The highest BCUT2D eigenvalue weighted by atomic mass is 16.5. The molecule has 3 aromatic rings. The van der Waals surface area contributed by atoms with Crippen molar-refractivity contribution in [3.8, 4) is 0 Å². The van der Waals surface area contributed by atoms with E-state index in [0.29, 0.717) is 17.7 Å². The molecule has 178 valence electrons. The number of likely N-dealkylation sites (N-methyl/N-ethyl adjacent to an activating group) is 2. The second-order valence-corrected chi connectivity index (χ2v) is 7.88. The van der Waals surface area contributed by atoms with Gasteiger partial charge in [-0.3, -0.25) is 0 Å². The number of carbonyl (C=O) groups is 2. The average molecular weight is 461 g/mol. The summed E-state index contributed by atoms with van der Waals surface area (Å²) in [6.45, 7) is 6.98. The lowest BCUT2D eigenvalue weighted by molar-refractivity contribution is 0.0471. The molecule has 0 atom stereocenters. The number of ether oxygens (including phenoxy) is 2. The summed E-state index contributed by atoms with van der Waals surface area (Å²) in [4.78, 5) is 28.6. The first-order valence-electron chi connectivity index (χ1n) is 11.6. The molecule has 0 bridgehead atoms. The van der Waals surface area contributed by atoms with E-state index in [0.717, 1.165) is 36.6 Å². The van der Waals surface area contributed by atoms with E-state index >= 15 is 0 Å². The quantitative estimate of drug-likeness (QED) is 0.367. The summed E-state index contributed by atoms with van der Waals surface area (Å²) in [7, 11) is 2.03. The van der Waals surface area contributed by atoms with Gasteiger partial charge >= 0.3 is 11.9 Å². The third-order valence-corrected chi connectivity index (χ3v) is 5.59. The topological polar surface area (TPSA) is 59.1 Å². The fourth-order valence-corrected chi connectivity index (χ4v) is 3.55. The zero-order valence-electron chi connectivity index (χ0n) is 20.1. The molecular weight excluding hydrogens is 428 g/mol. The van der Waals surface area contributed by atoms with Gasteiger partial charge in [-0.2, -0.15) is 0 Å². The summed E-state index contributed by atoms with van der Waals surface area (Å²) in [6, 6.07) is 24.6. The van der Waals surface area contributed by atoms with Crippen LogP contribution in [-0.4, -0.2) is 45.2 Å². The lowest BCUT2D eigenvalue weighted by Gasteiger charge is -2.27. The van der Waals surface area contributed by atoms with Crippen LogP contribution in [0.3, 0.4) is 0 Å². The number of benzene rings is 3. The molecule has 6 nitrogen and oxygen atoms in total. The van der Waals surface area contributed by atoms with Crippen molar-refractivity contribution >= 4 is 23.3 Å². The first-order valence-corrected chi connectivity index (χ1v) is 11.6. The van der Waals surface area contributed by atoms with Gasteiger partial charge in [-0.15, -0.1) is 0 Å². The van der Waals surface area contributed by atoms with Crippen LogP contribution in [0.1, 0.15) is 40.1 Å². The molecule has 0 aliphatic heterocycles. The Balaban J connectivity index is 1.52. The van der Waals surface area contributed by atoms with Crippen LogP contribution in [0.15, 0.2) is 78.9 Å². The number of rotatable bonds is 11. The maximum Gasteiger partial charge on any atom is 0.338 e. The van der Waals surface area contributed by atoms with Gasteiger partial charge in [0.2, 0.25) is 0 Å². The van der Waals surface area contributed by atoms with Gasteiger partial charge < -0.3 is 19.3 Å². The van der Waals surface area contributed by atoms with Crippen molar-refractivity contribution in [2.75, 3.05) is 43.1 Å². The van der Waals surface area contributed by atoms with Crippen LogP contribution in [0.2, 0.25) is 0 Å². The molecule has 0 saturated carbocycles. The molecular formula is C28H32N2O4. The maximum absolute atomic E-state index is 12.3. The van der Waals surface area contributed by atoms with Gasteiger partial charge in [0.05, 0.1) is 17.7 Å². The van der Waals surface area contributed by atoms with Crippen molar-refractivity contribution in [3.05, 3.63) is 95.6 Å². The Bertz CT molecular complexity index is 1050. The largest absolute Gasteiger partial charge is 0.462 e. The van der Waals surface area contributed by atoms with E-state index in [9.17, 15) is 9.59 Å². The van der Waals surface area contributed by atoms with Crippen molar-refractivity contribution in [1.29, 1.82) is 0 Å². The molecule has 0 saturated heterocycles. The molecule has 0 N–H and O–H groups in total. The second-order valence-electron chi connectivity index (χ2n) is 7.88. The number of carbonyl (C=O) groups excluding carboxylic acids is 2. The predicted molar refractivity (Wildman–Crippen MR) is 136 cm³/mol. The Labute approximate surface area is 201 Å². The number of nitrogens with zero attached hydrogens (tertiary/aromatic N) is 2. The molecule has 6 heteroatoms. The Kier molecular flexibility index (Phi) is 9.09. The molecule has 3 rings (SSSR count). The fourth-order valence-electron chi connectivity index (χ4n) is 3.55. The molecule has 0 amide bonds. The number of esters is 2. The van der Waals surface area contributed by atoms with Gasteiger partial charge in [-0.05, 0) is 67.9 Å². The second kappa shape index (κ2) is 12.4. The van der Waals surface area contributed by atoms with Crippen molar-refractivity contribution < 1.29 is 19.1 Å². The van der Waals surface area contributed by atoms with E-state index in [-0.39, 0.29) is 18.5 Å². The highest BCUT2D eigenvalue weighted by molar-refractivity contribution is 5.90. The third-order valence-electron chi connectivity index (χ3n) is 5.59. The van der Waals surface area contributed by atoms with Crippen molar-refractivity contribution in [2.45, 2.75) is 20.5 Å². The van der Waals surface area contributed by atoms with Crippen LogP contribution in [0.4, 0.5) is 11.4 Å².